The molecule has 1 rings (SSSR count). The summed E-state index contributed by atoms with van der Waals surface area (Å²) in [6.07, 6.45) is 4.22. The maximum Gasteiger partial charge on any atom is 0.0640 e. The van der Waals surface area contributed by atoms with E-state index in [4.69, 9.17) is 28.9 Å². The third-order valence-electron chi connectivity index (χ3n) is 3.67. The summed E-state index contributed by atoms with van der Waals surface area (Å²) in [6.45, 7) is 3.22. The van der Waals surface area contributed by atoms with Crippen LogP contribution >= 0.6 is 35.0 Å². The Labute approximate surface area is 137 Å². The fraction of sp³-hybridized carbons (Fsp3) is 0.600. The molecule has 2 unspecified atom stereocenters. The van der Waals surface area contributed by atoms with Gasteiger partial charge in [0.1, 0.15) is 0 Å². The topological polar surface area (TPSA) is 29.3 Å². The Morgan fingerprint density at radius 2 is 2.00 bits per heavy atom. The number of halogens is 2. The average Bonchev–Trinajstić information content (AvgIpc) is 2.44. The molecule has 2 nitrogen and oxygen atoms in total. The second-order valence-corrected chi connectivity index (χ2v) is 6.92. The van der Waals surface area contributed by atoms with Crippen LogP contribution in [0.25, 0.3) is 0 Å². The highest BCUT2D eigenvalue weighted by atomic mass is 35.5. The predicted octanol–water partition coefficient (Wildman–Crippen LogP) is 4.46. The van der Waals surface area contributed by atoms with E-state index in [0.717, 1.165) is 18.5 Å². The van der Waals surface area contributed by atoms with Crippen molar-refractivity contribution < 1.29 is 0 Å². The third-order valence-corrected chi connectivity index (χ3v) is 5.14. The zero-order chi connectivity index (χ0) is 15.1. The second-order valence-electron chi connectivity index (χ2n) is 5.15. The van der Waals surface area contributed by atoms with Crippen LogP contribution in [0.4, 0.5) is 0 Å². The molecular weight excluding hydrogens is 311 g/mol. The predicted molar refractivity (Wildman–Crippen MR) is 93.1 cm³/mol. The highest BCUT2D eigenvalue weighted by molar-refractivity contribution is 7.98. The molecule has 0 aromatic heterocycles. The fourth-order valence-corrected chi connectivity index (χ4v) is 3.06. The lowest BCUT2D eigenvalue weighted by Gasteiger charge is -2.26. The Morgan fingerprint density at radius 1 is 1.30 bits per heavy atom. The van der Waals surface area contributed by atoms with E-state index >= 15 is 0 Å². The van der Waals surface area contributed by atoms with Gasteiger partial charge in [-0.3, -0.25) is 0 Å². The van der Waals surface area contributed by atoms with Crippen molar-refractivity contribution in [2.24, 2.45) is 5.73 Å². The summed E-state index contributed by atoms with van der Waals surface area (Å²) >= 11 is 14.1. The van der Waals surface area contributed by atoms with Gasteiger partial charge in [-0.05, 0) is 57.0 Å². The van der Waals surface area contributed by atoms with Crippen molar-refractivity contribution in [3.63, 3.8) is 0 Å². The van der Waals surface area contributed by atoms with Crippen LogP contribution in [-0.4, -0.2) is 36.5 Å². The lowest BCUT2D eigenvalue weighted by Crippen LogP contribution is -2.32. The normalized spacial score (nSPS) is 14.6. The monoisotopic (exact) mass is 334 g/mol. The molecule has 0 spiro atoms. The number of rotatable bonds is 8. The minimum atomic E-state index is -0.0728. The smallest absolute Gasteiger partial charge is 0.0640 e. The maximum absolute atomic E-state index is 6.24. The van der Waals surface area contributed by atoms with Gasteiger partial charge in [0.2, 0.25) is 0 Å². The molecular formula is C15H24Cl2N2S. The van der Waals surface area contributed by atoms with Crippen LogP contribution in [0.15, 0.2) is 18.2 Å². The van der Waals surface area contributed by atoms with Crippen LogP contribution < -0.4 is 5.73 Å². The first-order valence-electron chi connectivity index (χ1n) is 6.86. The molecule has 1 aromatic carbocycles. The van der Waals surface area contributed by atoms with E-state index in [9.17, 15) is 0 Å². The zero-order valence-corrected chi connectivity index (χ0v) is 14.7. The molecule has 2 atom stereocenters. The summed E-state index contributed by atoms with van der Waals surface area (Å²) < 4.78 is 0. The summed E-state index contributed by atoms with van der Waals surface area (Å²) in [6, 6.07) is 6.14. The van der Waals surface area contributed by atoms with Crippen molar-refractivity contribution in [3.05, 3.63) is 33.8 Å². The highest BCUT2D eigenvalue weighted by Crippen LogP contribution is 2.30. The van der Waals surface area contributed by atoms with Gasteiger partial charge in [-0.15, -0.1) is 0 Å². The first kappa shape index (κ1) is 18.1. The molecule has 0 aliphatic rings. The Bertz CT molecular complexity index is 415. The van der Waals surface area contributed by atoms with E-state index in [1.54, 1.807) is 6.07 Å². The van der Waals surface area contributed by atoms with Crippen LogP contribution in [0.1, 0.15) is 31.4 Å². The molecule has 1 aromatic rings. The Kier molecular flexibility index (Phi) is 8.30. The number of thioether (sulfide) groups is 1. The van der Waals surface area contributed by atoms with Gasteiger partial charge >= 0.3 is 0 Å². The fourth-order valence-electron chi connectivity index (χ4n) is 2.03. The minimum Gasteiger partial charge on any atom is -0.324 e. The third kappa shape index (κ3) is 5.45. The average molecular weight is 335 g/mol. The van der Waals surface area contributed by atoms with Crippen LogP contribution in [-0.2, 0) is 0 Å². The molecule has 20 heavy (non-hydrogen) atoms. The van der Waals surface area contributed by atoms with E-state index in [1.807, 2.05) is 23.9 Å². The second kappa shape index (κ2) is 9.16. The Morgan fingerprint density at radius 3 is 2.65 bits per heavy atom. The Balaban J connectivity index is 2.50. The quantitative estimate of drug-likeness (QED) is 0.761. The molecule has 0 aliphatic carbocycles. The van der Waals surface area contributed by atoms with Crippen molar-refractivity contribution in [3.8, 4) is 0 Å². The van der Waals surface area contributed by atoms with Crippen molar-refractivity contribution >= 4 is 35.0 Å². The van der Waals surface area contributed by atoms with Gasteiger partial charge in [0.15, 0.2) is 0 Å². The molecule has 0 radical (unpaired) electrons. The maximum atomic E-state index is 6.24. The number of hydrogen-bond acceptors (Lipinski definition) is 3. The molecule has 114 valence electrons. The van der Waals surface area contributed by atoms with Crippen LogP contribution in [0.3, 0.4) is 0 Å². The van der Waals surface area contributed by atoms with Crippen LogP contribution in [0, 0.1) is 0 Å². The first-order valence-corrected chi connectivity index (χ1v) is 9.01. The molecule has 0 saturated carbocycles. The van der Waals surface area contributed by atoms with E-state index in [1.165, 1.54) is 12.2 Å². The summed E-state index contributed by atoms with van der Waals surface area (Å²) in [5, 5.41) is 1.15. The molecule has 0 heterocycles. The largest absolute Gasteiger partial charge is 0.324 e. The number of nitrogens with two attached hydrogens (primary N) is 1. The standard InChI is InChI=1S/C15H24Cl2N2S/c1-11(8-10-20-3)19(2)9-7-14(18)12-5-4-6-13(16)15(12)17/h4-6,11,14H,7-10,18H2,1-3H3. The molecule has 0 saturated heterocycles. The van der Waals surface area contributed by atoms with Gasteiger partial charge < -0.3 is 10.6 Å². The molecule has 0 amide bonds. The van der Waals surface area contributed by atoms with E-state index < -0.39 is 0 Å². The van der Waals surface area contributed by atoms with Crippen molar-refractivity contribution in [2.45, 2.75) is 31.8 Å². The lowest BCUT2D eigenvalue weighted by atomic mass is 10.0. The molecule has 2 N–H and O–H groups in total. The van der Waals surface area contributed by atoms with Crippen LogP contribution in [0.2, 0.25) is 10.0 Å². The molecule has 0 aliphatic heterocycles. The molecule has 0 bridgehead atoms. The van der Waals surface area contributed by atoms with Crippen molar-refractivity contribution in [2.75, 3.05) is 25.6 Å². The van der Waals surface area contributed by atoms with Gasteiger partial charge in [-0.25, -0.2) is 0 Å². The van der Waals surface area contributed by atoms with E-state index in [0.29, 0.717) is 16.1 Å². The number of benzene rings is 1. The SMILES string of the molecule is CSCCC(C)N(C)CCC(N)c1cccc(Cl)c1Cl. The van der Waals surface area contributed by atoms with E-state index in [2.05, 4.69) is 25.1 Å². The summed E-state index contributed by atoms with van der Waals surface area (Å²) in [7, 11) is 2.15. The number of hydrogen-bond donors (Lipinski definition) is 1. The van der Waals surface area contributed by atoms with Crippen molar-refractivity contribution in [1.82, 2.24) is 4.90 Å². The van der Waals surface area contributed by atoms with Crippen molar-refractivity contribution in [1.29, 1.82) is 0 Å². The van der Waals surface area contributed by atoms with Gasteiger partial charge in [0.05, 0.1) is 10.0 Å². The van der Waals surface area contributed by atoms with Gasteiger partial charge in [0, 0.05) is 12.1 Å². The van der Waals surface area contributed by atoms with Gasteiger partial charge in [-0.2, -0.15) is 11.8 Å². The summed E-state index contributed by atoms with van der Waals surface area (Å²) in [5.74, 6) is 1.19. The molecule has 5 heteroatoms. The molecule has 0 fully saturated rings. The summed E-state index contributed by atoms with van der Waals surface area (Å²) in [5.41, 5.74) is 7.17. The summed E-state index contributed by atoms with van der Waals surface area (Å²) in [4.78, 5) is 2.36. The number of nitrogens with zero attached hydrogens (tertiary/aromatic N) is 1. The first-order chi connectivity index (χ1) is 9.47. The Hall–Kier alpha value is 0.0700. The van der Waals surface area contributed by atoms with Gasteiger partial charge in [0.25, 0.3) is 0 Å². The van der Waals surface area contributed by atoms with Crippen LogP contribution in [0.5, 0.6) is 0 Å². The lowest BCUT2D eigenvalue weighted by molar-refractivity contribution is 0.244. The zero-order valence-electron chi connectivity index (χ0n) is 12.4. The minimum absolute atomic E-state index is 0.0728. The van der Waals surface area contributed by atoms with Gasteiger partial charge in [-0.1, -0.05) is 35.3 Å². The van der Waals surface area contributed by atoms with E-state index in [-0.39, 0.29) is 6.04 Å². The highest BCUT2D eigenvalue weighted by Gasteiger charge is 2.15.